The molecule has 0 saturated carbocycles. The fourth-order valence-electron chi connectivity index (χ4n) is 10.4. The van der Waals surface area contributed by atoms with Crippen LogP contribution < -0.4 is 0 Å². The zero-order valence-corrected chi connectivity index (χ0v) is 46.7. The first-order valence-electron chi connectivity index (χ1n) is 30.3. The van der Waals surface area contributed by atoms with Crippen molar-refractivity contribution >= 4 is 29.8 Å². The highest BCUT2D eigenvalue weighted by Gasteiger charge is 2.39. The normalized spacial score (nSPS) is 15.6. The Bertz CT molecular complexity index is 1270. The molecule has 11 nitrogen and oxygen atoms in total. The Labute approximate surface area is 435 Å². The van der Waals surface area contributed by atoms with E-state index < -0.39 is 5.41 Å². The van der Waals surface area contributed by atoms with E-state index in [1.807, 2.05) is 4.90 Å². The number of carbonyl (C=O) groups excluding carboxylic acids is 5. The van der Waals surface area contributed by atoms with Gasteiger partial charge in [-0.15, -0.1) is 0 Å². The average molecular weight is 1000 g/mol. The largest absolute Gasteiger partial charge is 0.465 e. The summed E-state index contributed by atoms with van der Waals surface area (Å²) in [5, 5.41) is 0. The first kappa shape index (κ1) is 64.4. The summed E-state index contributed by atoms with van der Waals surface area (Å²) in [4.78, 5) is 69.0. The summed E-state index contributed by atoms with van der Waals surface area (Å²) in [6.45, 7) is 14.3. The van der Waals surface area contributed by atoms with Crippen molar-refractivity contribution in [2.75, 3.05) is 59.2 Å². The minimum Gasteiger partial charge on any atom is -0.465 e. The predicted molar refractivity (Wildman–Crippen MR) is 289 cm³/mol. The summed E-state index contributed by atoms with van der Waals surface area (Å²) < 4.78 is 23.3. The summed E-state index contributed by atoms with van der Waals surface area (Å²) in [5.74, 6) is 0.172. The Kier molecular flexibility index (Phi) is 39.6. The van der Waals surface area contributed by atoms with Crippen LogP contribution >= 0.6 is 0 Å². The standard InChI is InChI=1S/C60H110N2O9/c1-5-9-13-17-19-25-35-53(33-23-15-11-7-3)49-68-56(64)37-27-21-29-39-58(66)70-51-60(42-47-62(48-43-60)55(63)41-46-61-44-31-32-45-61)52-71-59(67)40-30-22-28-38-57(65)69-50-54(34-24-16-12-8-4)36-26-20-18-14-10-6-2/h53-54H,5-52H2,1-4H3. The number of nitrogens with zero attached hydrogens (tertiary/aromatic N) is 2. The van der Waals surface area contributed by atoms with E-state index in [-0.39, 0.29) is 55.8 Å². The van der Waals surface area contributed by atoms with E-state index in [0.29, 0.717) is 95.9 Å². The molecule has 2 atom stereocenters. The van der Waals surface area contributed by atoms with Gasteiger partial charge in [-0.25, -0.2) is 0 Å². The highest BCUT2D eigenvalue weighted by atomic mass is 16.6. The maximum atomic E-state index is 13.2. The van der Waals surface area contributed by atoms with E-state index >= 15 is 0 Å². The van der Waals surface area contributed by atoms with Crippen LogP contribution in [0.5, 0.6) is 0 Å². The Morgan fingerprint density at radius 1 is 0.394 bits per heavy atom. The number of hydrogen-bond donors (Lipinski definition) is 0. The van der Waals surface area contributed by atoms with Crippen molar-refractivity contribution < 1.29 is 42.9 Å². The molecule has 2 fully saturated rings. The molecule has 0 radical (unpaired) electrons. The highest BCUT2D eigenvalue weighted by molar-refractivity contribution is 5.76. The van der Waals surface area contributed by atoms with Crippen LogP contribution in [0.1, 0.15) is 278 Å². The molecule has 2 unspecified atom stereocenters. The second kappa shape index (κ2) is 43.7. The van der Waals surface area contributed by atoms with E-state index in [0.717, 1.165) is 58.2 Å². The van der Waals surface area contributed by atoms with Crippen molar-refractivity contribution in [2.45, 2.75) is 278 Å². The molecule has 2 rings (SSSR count). The van der Waals surface area contributed by atoms with Gasteiger partial charge >= 0.3 is 23.9 Å². The van der Waals surface area contributed by atoms with Gasteiger partial charge < -0.3 is 28.7 Å². The van der Waals surface area contributed by atoms with Gasteiger partial charge in [0.2, 0.25) is 5.91 Å². The van der Waals surface area contributed by atoms with Crippen molar-refractivity contribution in [2.24, 2.45) is 17.3 Å². The highest BCUT2D eigenvalue weighted by Crippen LogP contribution is 2.34. The van der Waals surface area contributed by atoms with Crippen LogP contribution in [0.25, 0.3) is 0 Å². The van der Waals surface area contributed by atoms with E-state index in [4.69, 9.17) is 18.9 Å². The van der Waals surface area contributed by atoms with Crippen LogP contribution in [0.15, 0.2) is 0 Å². The lowest BCUT2D eigenvalue weighted by Crippen LogP contribution is -2.48. The molecule has 0 aromatic carbocycles. The fraction of sp³-hybridized carbons (Fsp3) is 0.917. The predicted octanol–water partition coefficient (Wildman–Crippen LogP) is 14.8. The number of unbranched alkanes of at least 4 members (excludes halogenated alkanes) is 20. The number of esters is 4. The third kappa shape index (κ3) is 34.4. The van der Waals surface area contributed by atoms with Crippen LogP contribution in [0.4, 0.5) is 0 Å². The van der Waals surface area contributed by atoms with Crippen LogP contribution in [0.3, 0.4) is 0 Å². The summed E-state index contributed by atoms with van der Waals surface area (Å²) in [6.07, 6.45) is 39.1. The Morgan fingerprint density at radius 2 is 0.718 bits per heavy atom. The van der Waals surface area contributed by atoms with Gasteiger partial charge in [-0.1, -0.05) is 169 Å². The Hall–Kier alpha value is -2.69. The first-order chi connectivity index (χ1) is 34.6. The number of hydrogen-bond acceptors (Lipinski definition) is 10. The van der Waals surface area contributed by atoms with Crippen molar-refractivity contribution in [3.63, 3.8) is 0 Å². The molecule has 2 heterocycles. The summed E-state index contributed by atoms with van der Waals surface area (Å²) in [5.41, 5.74) is -0.559. The molecule has 2 aliphatic rings. The van der Waals surface area contributed by atoms with Crippen LogP contribution in [0, 0.1) is 17.3 Å². The lowest BCUT2D eigenvalue weighted by Gasteiger charge is -2.41. The molecular weight excluding hydrogens is 893 g/mol. The molecule has 0 spiro atoms. The molecular formula is C60H110N2O9. The third-order valence-electron chi connectivity index (χ3n) is 15.4. The molecule has 0 aliphatic carbocycles. The number of amides is 1. The van der Waals surface area contributed by atoms with Crippen molar-refractivity contribution in [3.05, 3.63) is 0 Å². The SMILES string of the molecule is CCCCCCCCC(CCCCCC)COC(=O)CCCCCC(=O)OCC1(COC(=O)CCCCCC(=O)OCC(CCCCCC)CCCCCCCC)CCN(C(=O)CCN2CCCC2)CC1. The molecule has 0 bridgehead atoms. The Balaban J connectivity index is 1.77. The van der Waals surface area contributed by atoms with Crippen LogP contribution in [0.2, 0.25) is 0 Å². The van der Waals surface area contributed by atoms with Gasteiger partial charge in [0.15, 0.2) is 0 Å². The second-order valence-electron chi connectivity index (χ2n) is 22.0. The topological polar surface area (TPSA) is 129 Å². The van der Waals surface area contributed by atoms with Gasteiger partial charge in [0.05, 0.1) is 13.2 Å². The van der Waals surface area contributed by atoms with E-state index in [2.05, 4.69) is 32.6 Å². The molecule has 0 aromatic heterocycles. The minimum absolute atomic E-state index is 0.139. The number of likely N-dealkylation sites (tertiary alicyclic amines) is 2. The number of ether oxygens (including phenoxy) is 4. The molecule has 0 N–H and O–H groups in total. The van der Waals surface area contributed by atoms with Gasteiger partial charge in [-0.05, 0) is 102 Å². The second-order valence-corrected chi connectivity index (χ2v) is 22.0. The zero-order valence-electron chi connectivity index (χ0n) is 46.7. The van der Waals surface area contributed by atoms with E-state index in [1.165, 1.54) is 141 Å². The van der Waals surface area contributed by atoms with Crippen LogP contribution in [-0.2, 0) is 42.9 Å². The molecule has 2 saturated heterocycles. The minimum atomic E-state index is -0.559. The fourth-order valence-corrected chi connectivity index (χ4v) is 10.4. The van der Waals surface area contributed by atoms with E-state index in [1.54, 1.807) is 0 Å². The smallest absolute Gasteiger partial charge is 0.305 e. The first-order valence-corrected chi connectivity index (χ1v) is 30.3. The summed E-state index contributed by atoms with van der Waals surface area (Å²) in [6, 6.07) is 0. The lowest BCUT2D eigenvalue weighted by molar-refractivity contribution is -0.158. The van der Waals surface area contributed by atoms with Crippen molar-refractivity contribution in [1.82, 2.24) is 9.80 Å². The maximum absolute atomic E-state index is 13.2. The van der Waals surface area contributed by atoms with Gasteiger partial charge in [0.1, 0.15) is 13.2 Å². The van der Waals surface area contributed by atoms with Crippen LogP contribution in [-0.4, -0.2) is 98.7 Å². The lowest BCUT2D eigenvalue weighted by atomic mass is 9.79. The molecule has 0 aromatic rings. The average Bonchev–Trinajstić information content (AvgIpc) is 3.91. The summed E-state index contributed by atoms with van der Waals surface area (Å²) in [7, 11) is 0. The van der Waals surface area contributed by atoms with Gasteiger partial charge in [0, 0.05) is 57.2 Å². The monoisotopic (exact) mass is 1000 g/mol. The van der Waals surface area contributed by atoms with E-state index in [9.17, 15) is 24.0 Å². The molecule has 71 heavy (non-hydrogen) atoms. The third-order valence-corrected chi connectivity index (χ3v) is 15.4. The molecule has 11 heteroatoms. The number of carbonyl (C=O) groups is 5. The molecule has 414 valence electrons. The van der Waals surface area contributed by atoms with Gasteiger partial charge in [-0.2, -0.15) is 0 Å². The Morgan fingerprint density at radius 3 is 1.10 bits per heavy atom. The van der Waals surface area contributed by atoms with Gasteiger partial charge in [-0.3, -0.25) is 24.0 Å². The molecule has 1 amide bonds. The summed E-state index contributed by atoms with van der Waals surface area (Å²) >= 11 is 0. The van der Waals surface area contributed by atoms with Gasteiger partial charge in [0.25, 0.3) is 0 Å². The van der Waals surface area contributed by atoms with Crippen molar-refractivity contribution in [1.29, 1.82) is 0 Å². The number of piperidine rings is 1. The molecule has 2 aliphatic heterocycles. The number of rotatable bonds is 47. The quantitative estimate of drug-likeness (QED) is 0.0330. The zero-order chi connectivity index (χ0) is 51.5. The van der Waals surface area contributed by atoms with Crippen molar-refractivity contribution in [3.8, 4) is 0 Å². The maximum Gasteiger partial charge on any atom is 0.305 e.